The summed E-state index contributed by atoms with van der Waals surface area (Å²) in [6, 6.07) is 7.49. The smallest absolute Gasteiger partial charge is 0.175 e. The Labute approximate surface area is 165 Å². The Hall–Kier alpha value is -4.00. The maximum atomic E-state index is 3.78. The van der Waals surface area contributed by atoms with Crippen LogP contribution < -0.4 is 0 Å². The molecule has 13 heteroatoms. The molecule has 0 spiro atoms. The van der Waals surface area contributed by atoms with Crippen LogP contribution in [0.4, 0.5) is 0 Å². The number of rotatable bonds is 0. The second kappa shape index (κ2) is 19.3. The van der Waals surface area contributed by atoms with Gasteiger partial charge in [0.25, 0.3) is 0 Å². The molecule has 0 aliphatic carbocycles. The minimum atomic E-state index is 0.417. The van der Waals surface area contributed by atoms with Gasteiger partial charge in [0.15, 0.2) is 6.67 Å². The summed E-state index contributed by atoms with van der Waals surface area (Å²) in [5.41, 5.74) is 0. The van der Waals surface area contributed by atoms with Crippen molar-refractivity contribution >= 4 is 11.7 Å². The summed E-state index contributed by atoms with van der Waals surface area (Å²) in [4.78, 5) is 21.8. The first kappa shape index (κ1) is 22.0. The standard InChI is InChI=1S/C5H5N.C4H4N2.C3H3N3.C2H2N2S.CH2N4/c1-2-4-6-5-3-1;1-2-5-4-6-3-1;1-4-2-6-3-5-1;2*1-2-4-5-3-1/h1-5H;1-4H;1-3H;1-2H;1H2. The first-order valence-corrected chi connectivity index (χ1v) is 8.28. The van der Waals surface area contributed by atoms with E-state index in [1.165, 1.54) is 37.0 Å². The van der Waals surface area contributed by atoms with E-state index in [0.29, 0.717) is 6.67 Å². The van der Waals surface area contributed by atoms with E-state index in [1.807, 2.05) is 18.2 Å². The highest BCUT2D eigenvalue weighted by molar-refractivity contribution is 6.98. The van der Waals surface area contributed by atoms with E-state index in [9.17, 15) is 0 Å². The lowest BCUT2D eigenvalue weighted by atomic mass is 10.5. The van der Waals surface area contributed by atoms with Gasteiger partial charge in [0.1, 0.15) is 25.3 Å². The summed E-state index contributed by atoms with van der Waals surface area (Å²) in [6.07, 6.45) is 16.0. The van der Waals surface area contributed by atoms with Crippen LogP contribution in [0.3, 0.4) is 0 Å². The Balaban J connectivity index is 0.000000175. The van der Waals surface area contributed by atoms with E-state index in [1.54, 1.807) is 43.2 Å². The number of hydrogen-bond donors (Lipinski definition) is 0. The second-order valence-electron chi connectivity index (χ2n) is 3.92. The molecule has 28 heavy (non-hydrogen) atoms. The lowest BCUT2D eigenvalue weighted by Crippen LogP contribution is -1.73. The number of pyridine rings is 1. The number of aromatic nitrogens is 8. The van der Waals surface area contributed by atoms with Gasteiger partial charge >= 0.3 is 0 Å². The Morgan fingerprint density at radius 3 is 1.14 bits per heavy atom. The third-order valence-electron chi connectivity index (χ3n) is 2.02. The molecule has 5 rings (SSSR count). The third-order valence-corrected chi connectivity index (χ3v) is 2.45. The summed E-state index contributed by atoms with van der Waals surface area (Å²) < 4.78 is 7.31. The molecule has 0 radical (unpaired) electrons. The zero-order valence-electron chi connectivity index (χ0n) is 14.6. The molecule has 142 valence electrons. The molecule has 0 saturated carbocycles. The van der Waals surface area contributed by atoms with Gasteiger partial charge in [-0.1, -0.05) is 6.07 Å². The zero-order chi connectivity index (χ0) is 19.8. The van der Waals surface area contributed by atoms with Gasteiger partial charge in [0.05, 0.1) is 24.1 Å². The molecule has 5 heterocycles. The average molecular weight is 396 g/mol. The van der Waals surface area contributed by atoms with Crippen LogP contribution in [-0.4, -0.2) is 45.3 Å². The van der Waals surface area contributed by atoms with E-state index < -0.39 is 0 Å². The molecule has 1 aliphatic heterocycles. The van der Waals surface area contributed by atoms with E-state index >= 15 is 0 Å². The molecule has 0 saturated heterocycles. The molecule has 0 amide bonds. The SMILES string of the molecule is C1N=NN=N1.c1ccncc1.c1cncnc1.c1cnsn1.c1ncncn1. The van der Waals surface area contributed by atoms with Gasteiger partial charge in [-0.2, -0.15) is 8.75 Å². The van der Waals surface area contributed by atoms with Crippen LogP contribution in [0.1, 0.15) is 0 Å². The summed E-state index contributed by atoms with van der Waals surface area (Å²) in [5.74, 6) is 0. The summed E-state index contributed by atoms with van der Waals surface area (Å²) in [7, 11) is 0. The topological polar surface area (TPSA) is 153 Å². The van der Waals surface area contributed by atoms with Crippen LogP contribution in [0, 0.1) is 0 Å². The molecule has 0 bridgehead atoms. The fourth-order valence-electron chi connectivity index (χ4n) is 1.05. The van der Waals surface area contributed by atoms with Gasteiger partial charge in [0.2, 0.25) is 0 Å². The van der Waals surface area contributed by atoms with Gasteiger partial charge in [-0.15, -0.1) is 10.2 Å². The molecular formula is C15H16N12S. The lowest BCUT2D eigenvalue weighted by molar-refractivity contribution is 1.05. The van der Waals surface area contributed by atoms with Crippen molar-refractivity contribution in [2.75, 3.05) is 6.67 Å². The van der Waals surface area contributed by atoms with Crippen molar-refractivity contribution < 1.29 is 0 Å². The third kappa shape index (κ3) is 16.8. The fraction of sp³-hybridized carbons (Fsp3) is 0.0667. The van der Waals surface area contributed by atoms with Crippen molar-refractivity contribution in [3.8, 4) is 0 Å². The maximum Gasteiger partial charge on any atom is 0.175 e. The monoisotopic (exact) mass is 396 g/mol. The van der Waals surface area contributed by atoms with Crippen LogP contribution in [0.15, 0.2) is 107 Å². The van der Waals surface area contributed by atoms with Crippen LogP contribution in [0.25, 0.3) is 0 Å². The largest absolute Gasteiger partial charge is 0.265 e. The van der Waals surface area contributed by atoms with E-state index in [-0.39, 0.29) is 0 Å². The van der Waals surface area contributed by atoms with Crippen LogP contribution >= 0.6 is 11.7 Å². The average Bonchev–Trinajstić information content (AvgIpc) is 3.58. The molecule has 1 aliphatic rings. The quantitative estimate of drug-likeness (QED) is 0.439. The van der Waals surface area contributed by atoms with E-state index in [4.69, 9.17) is 0 Å². The van der Waals surface area contributed by atoms with E-state index in [2.05, 4.69) is 59.3 Å². The minimum Gasteiger partial charge on any atom is -0.265 e. The van der Waals surface area contributed by atoms with Crippen LogP contribution in [-0.2, 0) is 0 Å². The molecule has 4 aromatic rings. The normalized spacial score (nSPS) is 9.71. The summed E-state index contributed by atoms with van der Waals surface area (Å²) in [5, 5.41) is 13.1. The fourth-order valence-corrected chi connectivity index (χ4v) is 1.32. The predicted octanol–water partition coefficient (Wildman–Crippen LogP) is 2.74. The molecule has 0 aromatic carbocycles. The van der Waals surface area contributed by atoms with Gasteiger partial charge in [0, 0.05) is 24.8 Å². The van der Waals surface area contributed by atoms with Crippen molar-refractivity contribution in [2.24, 2.45) is 20.7 Å². The van der Waals surface area contributed by atoms with Crippen molar-refractivity contribution in [3.05, 3.63) is 86.8 Å². The van der Waals surface area contributed by atoms with Crippen LogP contribution in [0.5, 0.6) is 0 Å². The molecule has 0 atom stereocenters. The molecule has 0 fully saturated rings. The first-order valence-electron chi connectivity index (χ1n) is 7.55. The highest BCUT2D eigenvalue weighted by atomic mass is 32.1. The second-order valence-corrected chi connectivity index (χ2v) is 4.50. The summed E-state index contributed by atoms with van der Waals surface area (Å²) in [6.45, 7) is 0.417. The predicted molar refractivity (Wildman–Crippen MR) is 101 cm³/mol. The Kier molecular flexibility index (Phi) is 15.2. The van der Waals surface area contributed by atoms with Crippen molar-refractivity contribution in [3.63, 3.8) is 0 Å². The Morgan fingerprint density at radius 1 is 0.464 bits per heavy atom. The zero-order valence-corrected chi connectivity index (χ0v) is 15.4. The molecule has 0 N–H and O–H groups in total. The maximum absolute atomic E-state index is 3.78. The van der Waals surface area contributed by atoms with Crippen molar-refractivity contribution in [1.82, 2.24) is 38.7 Å². The minimum absolute atomic E-state index is 0.417. The molecule has 12 nitrogen and oxygen atoms in total. The molecule has 4 aromatic heterocycles. The first-order chi connectivity index (χ1) is 14.0. The number of nitrogens with zero attached hydrogens (tertiary/aromatic N) is 12. The van der Waals surface area contributed by atoms with Crippen molar-refractivity contribution in [2.45, 2.75) is 0 Å². The lowest BCUT2D eigenvalue weighted by Gasteiger charge is -1.70. The number of hydrogen-bond acceptors (Lipinski definition) is 13. The van der Waals surface area contributed by atoms with Crippen molar-refractivity contribution in [1.29, 1.82) is 0 Å². The highest BCUT2D eigenvalue weighted by Gasteiger charge is 1.76. The van der Waals surface area contributed by atoms with Gasteiger partial charge in [-0.3, -0.25) is 4.98 Å². The van der Waals surface area contributed by atoms with Gasteiger partial charge in [-0.05, 0) is 28.6 Å². The highest BCUT2D eigenvalue weighted by Crippen LogP contribution is 1.88. The Bertz CT molecular complexity index is 618. The van der Waals surface area contributed by atoms with E-state index in [0.717, 1.165) is 0 Å². The molecule has 0 unspecified atom stereocenters. The summed E-state index contributed by atoms with van der Waals surface area (Å²) >= 11 is 1.21. The Morgan fingerprint density at radius 2 is 0.964 bits per heavy atom. The van der Waals surface area contributed by atoms with Gasteiger partial charge < -0.3 is 0 Å². The van der Waals surface area contributed by atoms with Gasteiger partial charge in [-0.25, -0.2) is 24.9 Å². The molecular weight excluding hydrogens is 380 g/mol. The van der Waals surface area contributed by atoms with Crippen LogP contribution in [0.2, 0.25) is 0 Å².